The fraction of sp³-hybridized carbons (Fsp3) is 0.235. The van der Waals surface area contributed by atoms with Crippen molar-refractivity contribution in [2.24, 2.45) is 0 Å². The van der Waals surface area contributed by atoms with E-state index in [0.29, 0.717) is 23.5 Å². The van der Waals surface area contributed by atoms with Gasteiger partial charge in [-0.05, 0) is 25.1 Å². The lowest BCUT2D eigenvalue weighted by Crippen LogP contribution is -2.11. The summed E-state index contributed by atoms with van der Waals surface area (Å²) in [4.78, 5) is 12.3. The Labute approximate surface area is 139 Å². The number of rotatable bonds is 6. The molecule has 0 bridgehead atoms. The van der Waals surface area contributed by atoms with Gasteiger partial charge in [0, 0.05) is 30.1 Å². The van der Waals surface area contributed by atoms with Gasteiger partial charge in [0.1, 0.15) is 5.75 Å². The standard InChI is InChI=1S/C17H19N5O2/c1-3-21-10-13(8-18-21)11-22-12-15(9-19-22)20-17(23)14-5-4-6-16(7-14)24-2/h4-10,12H,3,11H2,1-2H3,(H,20,23). The highest BCUT2D eigenvalue weighted by molar-refractivity contribution is 6.04. The van der Waals surface area contributed by atoms with E-state index in [9.17, 15) is 4.79 Å². The third kappa shape index (κ3) is 3.62. The highest BCUT2D eigenvalue weighted by Crippen LogP contribution is 2.15. The molecule has 3 rings (SSSR count). The molecule has 7 nitrogen and oxygen atoms in total. The third-order valence-electron chi connectivity index (χ3n) is 3.58. The summed E-state index contributed by atoms with van der Waals surface area (Å²) in [5.41, 5.74) is 2.24. The molecular weight excluding hydrogens is 306 g/mol. The first-order valence-corrected chi connectivity index (χ1v) is 7.67. The van der Waals surface area contributed by atoms with Gasteiger partial charge >= 0.3 is 0 Å². The maximum atomic E-state index is 12.3. The number of nitrogens with zero attached hydrogens (tertiary/aromatic N) is 4. The van der Waals surface area contributed by atoms with E-state index in [1.165, 1.54) is 0 Å². The van der Waals surface area contributed by atoms with Crippen LogP contribution in [0.25, 0.3) is 0 Å². The molecule has 1 amide bonds. The summed E-state index contributed by atoms with van der Waals surface area (Å²) in [5.74, 6) is 0.443. The van der Waals surface area contributed by atoms with Crippen molar-refractivity contribution >= 4 is 11.6 Å². The van der Waals surface area contributed by atoms with Crippen LogP contribution >= 0.6 is 0 Å². The first-order valence-electron chi connectivity index (χ1n) is 7.67. The summed E-state index contributed by atoms with van der Waals surface area (Å²) in [5, 5.41) is 11.3. The molecule has 2 heterocycles. The molecule has 0 aliphatic carbocycles. The minimum Gasteiger partial charge on any atom is -0.497 e. The number of aryl methyl sites for hydroxylation is 1. The lowest BCUT2D eigenvalue weighted by Gasteiger charge is -2.04. The fourth-order valence-electron chi connectivity index (χ4n) is 2.33. The molecule has 0 aliphatic heterocycles. The Bertz CT molecular complexity index is 837. The Morgan fingerprint density at radius 3 is 2.79 bits per heavy atom. The zero-order valence-electron chi connectivity index (χ0n) is 13.6. The van der Waals surface area contributed by atoms with Crippen molar-refractivity contribution in [3.8, 4) is 5.75 Å². The van der Waals surface area contributed by atoms with Gasteiger partial charge in [0.05, 0.1) is 31.7 Å². The van der Waals surface area contributed by atoms with Gasteiger partial charge in [-0.1, -0.05) is 6.07 Å². The number of hydrogen-bond donors (Lipinski definition) is 1. The van der Waals surface area contributed by atoms with Gasteiger partial charge in [0.25, 0.3) is 5.91 Å². The van der Waals surface area contributed by atoms with Crippen LogP contribution in [0.1, 0.15) is 22.8 Å². The lowest BCUT2D eigenvalue weighted by molar-refractivity contribution is 0.102. The second kappa shape index (κ2) is 6.99. The number of nitrogens with one attached hydrogen (secondary N) is 1. The van der Waals surface area contributed by atoms with E-state index in [1.54, 1.807) is 48.5 Å². The number of hydrogen-bond acceptors (Lipinski definition) is 4. The number of anilines is 1. The average Bonchev–Trinajstić information content (AvgIpc) is 3.24. The van der Waals surface area contributed by atoms with Crippen LogP contribution < -0.4 is 10.1 Å². The Morgan fingerprint density at radius 2 is 2.04 bits per heavy atom. The maximum absolute atomic E-state index is 12.3. The van der Waals surface area contributed by atoms with E-state index in [1.807, 2.05) is 24.0 Å². The van der Waals surface area contributed by atoms with Gasteiger partial charge in [-0.25, -0.2) is 0 Å². The van der Waals surface area contributed by atoms with Crippen molar-refractivity contribution in [1.82, 2.24) is 19.6 Å². The molecule has 1 N–H and O–H groups in total. The Morgan fingerprint density at radius 1 is 1.21 bits per heavy atom. The lowest BCUT2D eigenvalue weighted by atomic mass is 10.2. The maximum Gasteiger partial charge on any atom is 0.255 e. The minimum atomic E-state index is -0.202. The van der Waals surface area contributed by atoms with Crippen LogP contribution in [0.4, 0.5) is 5.69 Å². The van der Waals surface area contributed by atoms with Crippen molar-refractivity contribution < 1.29 is 9.53 Å². The van der Waals surface area contributed by atoms with Crippen molar-refractivity contribution in [2.45, 2.75) is 20.0 Å². The predicted octanol–water partition coefficient (Wildman–Crippen LogP) is 2.41. The number of benzene rings is 1. The first kappa shape index (κ1) is 15.8. The summed E-state index contributed by atoms with van der Waals surface area (Å²) in [6.45, 7) is 3.48. The molecule has 0 atom stereocenters. The SMILES string of the molecule is CCn1cc(Cn2cc(NC(=O)c3cccc(OC)c3)cn2)cn1. The normalized spacial score (nSPS) is 10.6. The van der Waals surface area contributed by atoms with Crippen LogP contribution in [0, 0.1) is 0 Å². The summed E-state index contributed by atoms with van der Waals surface area (Å²) in [6, 6.07) is 7.01. The molecule has 0 aliphatic rings. The van der Waals surface area contributed by atoms with Crippen molar-refractivity contribution in [1.29, 1.82) is 0 Å². The van der Waals surface area contributed by atoms with Crippen LogP contribution in [0.5, 0.6) is 5.75 Å². The molecule has 0 saturated heterocycles. The molecular formula is C17H19N5O2. The number of carbonyl (C=O) groups excluding carboxylic acids is 1. The smallest absolute Gasteiger partial charge is 0.255 e. The summed E-state index contributed by atoms with van der Waals surface area (Å²) < 4.78 is 8.76. The van der Waals surface area contributed by atoms with Crippen molar-refractivity contribution in [2.75, 3.05) is 12.4 Å². The molecule has 0 fully saturated rings. The third-order valence-corrected chi connectivity index (χ3v) is 3.58. The highest BCUT2D eigenvalue weighted by Gasteiger charge is 2.09. The predicted molar refractivity (Wildman–Crippen MR) is 90.2 cm³/mol. The quantitative estimate of drug-likeness (QED) is 0.755. The Balaban J connectivity index is 1.65. The van der Waals surface area contributed by atoms with E-state index >= 15 is 0 Å². The Kier molecular flexibility index (Phi) is 4.60. The van der Waals surface area contributed by atoms with Gasteiger partial charge in [-0.3, -0.25) is 14.2 Å². The molecule has 7 heteroatoms. The fourth-order valence-corrected chi connectivity index (χ4v) is 2.33. The minimum absolute atomic E-state index is 0.202. The second-order valence-electron chi connectivity index (χ2n) is 5.32. The topological polar surface area (TPSA) is 74.0 Å². The average molecular weight is 325 g/mol. The Hall–Kier alpha value is -3.09. The second-order valence-corrected chi connectivity index (χ2v) is 5.32. The zero-order chi connectivity index (χ0) is 16.9. The molecule has 0 unspecified atom stereocenters. The first-order chi connectivity index (χ1) is 11.7. The van der Waals surface area contributed by atoms with Crippen LogP contribution in [0.2, 0.25) is 0 Å². The number of ether oxygens (including phenoxy) is 1. The van der Waals surface area contributed by atoms with Gasteiger partial charge in [-0.15, -0.1) is 0 Å². The van der Waals surface area contributed by atoms with E-state index in [4.69, 9.17) is 4.74 Å². The van der Waals surface area contributed by atoms with E-state index in [0.717, 1.165) is 12.1 Å². The highest BCUT2D eigenvalue weighted by atomic mass is 16.5. The number of aromatic nitrogens is 4. The molecule has 124 valence electrons. The van der Waals surface area contributed by atoms with Gasteiger partial charge in [0.2, 0.25) is 0 Å². The van der Waals surface area contributed by atoms with Crippen LogP contribution in [-0.2, 0) is 13.1 Å². The van der Waals surface area contributed by atoms with Gasteiger partial charge in [0.15, 0.2) is 0 Å². The molecule has 2 aromatic heterocycles. The molecule has 1 aromatic carbocycles. The monoisotopic (exact) mass is 325 g/mol. The van der Waals surface area contributed by atoms with E-state index < -0.39 is 0 Å². The van der Waals surface area contributed by atoms with Crippen molar-refractivity contribution in [3.63, 3.8) is 0 Å². The molecule has 3 aromatic rings. The van der Waals surface area contributed by atoms with Crippen LogP contribution in [0.3, 0.4) is 0 Å². The van der Waals surface area contributed by atoms with Crippen LogP contribution in [-0.4, -0.2) is 32.6 Å². The molecule has 0 radical (unpaired) electrons. The van der Waals surface area contributed by atoms with E-state index in [2.05, 4.69) is 15.5 Å². The number of methoxy groups -OCH3 is 1. The van der Waals surface area contributed by atoms with Crippen LogP contribution in [0.15, 0.2) is 49.1 Å². The molecule has 24 heavy (non-hydrogen) atoms. The van der Waals surface area contributed by atoms with Gasteiger partial charge in [-0.2, -0.15) is 10.2 Å². The number of carbonyl (C=O) groups is 1. The molecule has 0 saturated carbocycles. The summed E-state index contributed by atoms with van der Waals surface area (Å²) in [7, 11) is 1.57. The number of amides is 1. The van der Waals surface area contributed by atoms with E-state index in [-0.39, 0.29) is 5.91 Å². The van der Waals surface area contributed by atoms with Crippen molar-refractivity contribution in [3.05, 3.63) is 60.2 Å². The summed E-state index contributed by atoms with van der Waals surface area (Å²) >= 11 is 0. The summed E-state index contributed by atoms with van der Waals surface area (Å²) in [6.07, 6.45) is 7.22. The van der Waals surface area contributed by atoms with Gasteiger partial charge < -0.3 is 10.1 Å². The largest absolute Gasteiger partial charge is 0.497 e. The molecule has 0 spiro atoms. The zero-order valence-corrected chi connectivity index (χ0v) is 13.6.